The van der Waals surface area contributed by atoms with Crippen LogP contribution in [0, 0.1) is 0 Å². The van der Waals surface area contributed by atoms with Crippen molar-refractivity contribution >= 4 is 18.0 Å². The molecule has 1 saturated carbocycles. The van der Waals surface area contributed by atoms with Gasteiger partial charge in [-0.2, -0.15) is 0 Å². The van der Waals surface area contributed by atoms with E-state index in [0.29, 0.717) is 29.2 Å². The predicted molar refractivity (Wildman–Crippen MR) is 126 cm³/mol. The number of rotatable bonds is 9. The van der Waals surface area contributed by atoms with Gasteiger partial charge in [0.2, 0.25) is 0 Å². The van der Waals surface area contributed by atoms with Gasteiger partial charge in [0, 0.05) is 30.7 Å². The lowest BCUT2D eigenvalue weighted by atomic mass is 9.79. The largest absolute Gasteiger partial charge is 0.493 e. The highest BCUT2D eigenvalue weighted by atomic mass is 16.5. The Morgan fingerprint density at radius 3 is 2.48 bits per heavy atom. The standard InChI is InChI=1S/C25H36N2O6/c1-4-8-19-15-20(16-21(30-2)23(19)31-3)24(29)33-17-22(28)26-18-25(9-6-5-7-10-25)27-11-13-32-14-12-27/h4,8,15-16H,5-7,9-14,17-18H2,1-3H3,(H,26,28)/b8-4+. The third-order valence-corrected chi connectivity index (χ3v) is 6.50. The van der Waals surface area contributed by atoms with E-state index in [1.165, 1.54) is 13.5 Å². The van der Waals surface area contributed by atoms with Gasteiger partial charge < -0.3 is 24.3 Å². The summed E-state index contributed by atoms with van der Waals surface area (Å²) in [6.07, 6.45) is 9.35. The molecule has 2 aliphatic rings. The van der Waals surface area contributed by atoms with Crippen LogP contribution in [0.3, 0.4) is 0 Å². The van der Waals surface area contributed by atoms with Gasteiger partial charge in [0.15, 0.2) is 18.1 Å². The molecule has 3 rings (SSSR count). The number of methoxy groups -OCH3 is 2. The maximum absolute atomic E-state index is 12.6. The number of ether oxygens (including phenoxy) is 4. The van der Waals surface area contributed by atoms with Crippen LogP contribution < -0.4 is 14.8 Å². The van der Waals surface area contributed by atoms with Crippen LogP contribution in [0.5, 0.6) is 11.5 Å². The summed E-state index contributed by atoms with van der Waals surface area (Å²) in [7, 11) is 3.05. The lowest BCUT2D eigenvalue weighted by molar-refractivity contribution is -0.125. The van der Waals surface area contributed by atoms with Gasteiger partial charge >= 0.3 is 5.97 Å². The van der Waals surface area contributed by atoms with Crippen LogP contribution in [-0.4, -0.2) is 76.0 Å². The molecule has 0 radical (unpaired) electrons. The van der Waals surface area contributed by atoms with Gasteiger partial charge in [0.25, 0.3) is 5.91 Å². The van der Waals surface area contributed by atoms with Crippen molar-refractivity contribution < 1.29 is 28.5 Å². The first-order valence-corrected chi connectivity index (χ1v) is 11.7. The van der Waals surface area contributed by atoms with Crippen molar-refractivity contribution in [2.24, 2.45) is 0 Å². The van der Waals surface area contributed by atoms with Crippen molar-refractivity contribution in [1.29, 1.82) is 0 Å². The molecule has 0 spiro atoms. The van der Waals surface area contributed by atoms with Crippen LogP contribution in [-0.2, 0) is 14.3 Å². The molecule has 0 bridgehead atoms. The number of benzene rings is 1. The van der Waals surface area contributed by atoms with Gasteiger partial charge in [-0.15, -0.1) is 0 Å². The monoisotopic (exact) mass is 460 g/mol. The van der Waals surface area contributed by atoms with E-state index in [4.69, 9.17) is 18.9 Å². The zero-order chi connectivity index (χ0) is 23.7. The third-order valence-electron chi connectivity index (χ3n) is 6.50. The molecule has 0 aromatic heterocycles. The molecule has 8 heteroatoms. The van der Waals surface area contributed by atoms with E-state index in [9.17, 15) is 9.59 Å². The van der Waals surface area contributed by atoms with Gasteiger partial charge in [-0.1, -0.05) is 31.4 Å². The predicted octanol–water partition coefficient (Wildman–Crippen LogP) is 3.05. The van der Waals surface area contributed by atoms with E-state index < -0.39 is 5.97 Å². The molecule has 33 heavy (non-hydrogen) atoms. The average molecular weight is 461 g/mol. The Morgan fingerprint density at radius 1 is 1.12 bits per heavy atom. The SMILES string of the molecule is C/C=C/c1cc(C(=O)OCC(=O)NCC2(N3CCOCC3)CCCCC2)cc(OC)c1OC. The zero-order valence-electron chi connectivity index (χ0n) is 20.0. The van der Waals surface area contributed by atoms with Gasteiger partial charge in [-0.05, 0) is 31.9 Å². The quantitative estimate of drug-likeness (QED) is 0.567. The van der Waals surface area contributed by atoms with Gasteiger partial charge in [0.1, 0.15) is 0 Å². The zero-order valence-corrected chi connectivity index (χ0v) is 20.0. The number of allylic oxidation sites excluding steroid dienone is 1. The van der Waals surface area contributed by atoms with Crippen molar-refractivity contribution in [2.75, 3.05) is 53.7 Å². The lowest BCUT2D eigenvalue weighted by Gasteiger charge is -2.48. The van der Waals surface area contributed by atoms with Gasteiger partial charge in [0.05, 0.1) is 33.0 Å². The summed E-state index contributed by atoms with van der Waals surface area (Å²) in [4.78, 5) is 27.7. The Kier molecular flexibility index (Phi) is 9.14. The normalized spacial score (nSPS) is 18.6. The van der Waals surface area contributed by atoms with Crippen LogP contribution in [0.1, 0.15) is 54.9 Å². The summed E-state index contributed by atoms with van der Waals surface area (Å²) in [6.45, 7) is 5.34. The number of amides is 1. The van der Waals surface area contributed by atoms with Crippen LogP contribution in [0.4, 0.5) is 0 Å². The molecule has 0 atom stereocenters. The third kappa shape index (κ3) is 6.26. The number of carbonyl (C=O) groups is 2. The molecular weight excluding hydrogens is 424 g/mol. The number of hydrogen-bond donors (Lipinski definition) is 1. The first kappa shape index (κ1) is 25.1. The summed E-state index contributed by atoms with van der Waals surface area (Å²) in [5, 5.41) is 3.02. The molecule has 1 aliphatic heterocycles. The topological polar surface area (TPSA) is 86.3 Å². The van der Waals surface area contributed by atoms with E-state index in [2.05, 4.69) is 10.2 Å². The summed E-state index contributed by atoms with van der Waals surface area (Å²) in [5.41, 5.74) is 0.956. The van der Waals surface area contributed by atoms with Crippen molar-refractivity contribution in [3.05, 3.63) is 29.3 Å². The number of carbonyl (C=O) groups excluding carboxylic acids is 2. The Hall–Kier alpha value is -2.58. The van der Waals surface area contributed by atoms with Crippen molar-refractivity contribution in [3.63, 3.8) is 0 Å². The van der Waals surface area contributed by atoms with E-state index >= 15 is 0 Å². The van der Waals surface area contributed by atoms with Crippen LogP contribution in [0.25, 0.3) is 6.08 Å². The minimum Gasteiger partial charge on any atom is -0.493 e. The molecule has 1 saturated heterocycles. The number of hydrogen-bond acceptors (Lipinski definition) is 7. The average Bonchev–Trinajstić information content (AvgIpc) is 2.86. The van der Waals surface area contributed by atoms with E-state index in [-0.39, 0.29) is 18.1 Å². The highest BCUT2D eigenvalue weighted by Crippen LogP contribution is 2.35. The molecular formula is C25H36N2O6. The summed E-state index contributed by atoms with van der Waals surface area (Å²) < 4.78 is 21.6. The van der Waals surface area contributed by atoms with Crippen LogP contribution in [0.2, 0.25) is 0 Å². The fourth-order valence-corrected chi connectivity index (χ4v) is 4.80. The summed E-state index contributed by atoms with van der Waals surface area (Å²) >= 11 is 0. The van der Waals surface area contributed by atoms with E-state index in [1.807, 2.05) is 19.1 Å². The highest BCUT2D eigenvalue weighted by molar-refractivity contribution is 5.93. The lowest BCUT2D eigenvalue weighted by Crippen LogP contribution is -2.59. The fourth-order valence-electron chi connectivity index (χ4n) is 4.80. The van der Waals surface area contributed by atoms with Crippen molar-refractivity contribution in [2.45, 2.75) is 44.6 Å². The molecule has 1 heterocycles. The molecule has 1 amide bonds. The van der Waals surface area contributed by atoms with Gasteiger partial charge in [-0.25, -0.2) is 4.79 Å². The Bertz CT molecular complexity index is 842. The smallest absolute Gasteiger partial charge is 0.338 e. The maximum Gasteiger partial charge on any atom is 0.338 e. The maximum atomic E-state index is 12.6. The van der Waals surface area contributed by atoms with Gasteiger partial charge in [-0.3, -0.25) is 9.69 Å². The Labute approximate surface area is 196 Å². The second kappa shape index (κ2) is 12.0. The molecule has 1 aliphatic carbocycles. The molecule has 1 aromatic carbocycles. The second-order valence-corrected chi connectivity index (χ2v) is 8.54. The molecule has 1 aromatic rings. The minimum atomic E-state index is -0.586. The first-order valence-electron chi connectivity index (χ1n) is 11.7. The van der Waals surface area contributed by atoms with Crippen LogP contribution >= 0.6 is 0 Å². The van der Waals surface area contributed by atoms with Crippen LogP contribution in [0.15, 0.2) is 18.2 Å². The summed E-state index contributed by atoms with van der Waals surface area (Å²) in [6, 6.07) is 3.22. The molecule has 182 valence electrons. The molecule has 8 nitrogen and oxygen atoms in total. The molecule has 2 fully saturated rings. The number of esters is 1. The van der Waals surface area contributed by atoms with Crippen molar-refractivity contribution in [1.82, 2.24) is 10.2 Å². The number of nitrogens with zero attached hydrogens (tertiary/aromatic N) is 1. The van der Waals surface area contributed by atoms with Crippen molar-refractivity contribution in [3.8, 4) is 11.5 Å². The minimum absolute atomic E-state index is 0.0353. The number of morpholine rings is 1. The molecule has 1 N–H and O–H groups in total. The molecule has 0 unspecified atom stereocenters. The Morgan fingerprint density at radius 2 is 1.85 bits per heavy atom. The second-order valence-electron chi connectivity index (χ2n) is 8.54. The summed E-state index contributed by atoms with van der Waals surface area (Å²) in [5.74, 6) is 0.0770. The fraction of sp³-hybridized carbons (Fsp3) is 0.600. The number of nitrogens with one attached hydrogen (secondary N) is 1. The van der Waals surface area contributed by atoms with E-state index in [0.717, 1.165) is 52.0 Å². The first-order chi connectivity index (χ1) is 16.0. The van der Waals surface area contributed by atoms with E-state index in [1.54, 1.807) is 19.2 Å². The Balaban J connectivity index is 1.60. The highest BCUT2D eigenvalue weighted by Gasteiger charge is 2.38.